The number of ketones is 4. The molecule has 8 aromatic heterocycles. The Kier molecular flexibility index (Phi) is 35.6. The van der Waals surface area contributed by atoms with Crippen LogP contribution in [0.2, 0.25) is 0 Å². The van der Waals surface area contributed by atoms with Gasteiger partial charge in [-0.1, -0.05) is 118 Å². The number of rotatable bonds is 9. The number of ether oxygens (including phenoxy) is 1. The van der Waals surface area contributed by atoms with E-state index < -0.39 is 0 Å². The molecule has 0 amide bonds. The van der Waals surface area contributed by atoms with Crippen LogP contribution in [0.5, 0.6) is 5.75 Å². The number of allylic oxidation sites excluding steroid dienone is 8. The zero-order valence-electron chi connectivity index (χ0n) is 73.1. The SMILES string of the molecule is CC(=O)C=C(C)O.CC(=O)C=C(C)O.CC(=O)C=C(C)O.CC(=O)C=C(C)O.COc1ccc2nc(-n3c4[c-]cccc4c4ccccc43)ccc2c1.Cc1ccc2nc(-n3c4[c-]cccc4c4ccccc43)cc(C)c2c1.Cc1ccc2nc(-n3c4[c-]cccc4c4ccccc43)ccc2c1.Fc1ccc2nc(-n3c4[c-]cccc4c4ccccc43)ccc2c1.[Ir].[Ir].[Ir].[Ir]. The molecule has 0 fully saturated rings. The summed E-state index contributed by atoms with van der Waals surface area (Å²) in [4.78, 5) is 59.6. The average molecular weight is 2430 g/mol. The topological polar surface area (TPSA) is 230 Å². The maximum Gasteiger partial charge on any atom is 0.155 e. The fourth-order valence-corrected chi connectivity index (χ4v) is 15.0. The molecule has 0 saturated carbocycles. The first-order valence-corrected chi connectivity index (χ1v) is 40.6. The Bertz CT molecular complexity index is 7140. The van der Waals surface area contributed by atoms with E-state index in [9.17, 15) is 23.6 Å². The number of hydrogen-bond acceptors (Lipinski definition) is 13. The summed E-state index contributed by atoms with van der Waals surface area (Å²) in [7, 11) is 1.68. The van der Waals surface area contributed by atoms with E-state index >= 15 is 0 Å². The van der Waals surface area contributed by atoms with E-state index in [4.69, 9.17) is 45.1 Å². The fraction of sp³-hybridized carbons (Fsp3) is 0.111. The molecule has 4 N–H and O–H groups in total. The van der Waals surface area contributed by atoms with E-state index in [1.54, 1.807) is 13.2 Å². The molecule has 664 valence electrons. The summed E-state index contributed by atoms with van der Waals surface area (Å²) in [5, 5.41) is 47.3. The minimum absolute atomic E-state index is 0. The molecule has 0 aliphatic carbocycles. The zero-order chi connectivity index (χ0) is 89.4. The number of para-hydroxylation sites is 8. The Morgan fingerprint density at radius 1 is 0.308 bits per heavy atom. The number of carbonyl (C=O) groups is 4. The first-order chi connectivity index (χ1) is 60.7. The quantitative estimate of drug-likeness (QED) is 0.0599. The number of pyridine rings is 4. The predicted octanol–water partition coefficient (Wildman–Crippen LogP) is 25.7. The van der Waals surface area contributed by atoms with Gasteiger partial charge in [-0.05, 0) is 231 Å². The van der Waals surface area contributed by atoms with Gasteiger partial charge < -0.3 is 43.4 Å². The standard InChI is InChI=1S/C23H17N2.C22H15N2O.C22H15N2.C21H12FN2.4C5H8O2.4Ir/c1-15-11-12-20-19(13-15)16(2)14-23(24-20)25-21-9-5-3-7-17(21)18-8-4-6-10-22(18)25;1-25-16-11-12-19-15(14-16)10-13-22(23-19)24-20-8-4-2-6-17(20)18-7-3-5-9-21(18)24;1-15-10-12-19-16(14-15)11-13-22(23-19)24-20-8-4-2-6-17(20)18-7-3-5-9-21(18)24;22-15-10-11-18-14(13-15)9-12-21(23-18)24-19-7-3-1-5-16(19)17-6-2-4-8-20(17)24;4*1-4(6)3-5(2)7;;;;/h3-9,11-14H,1-2H3;2-8,10-14H,1H3;2-8,10-14H,1H3;1-7,9-13H;4*3,6H,1-2H3;;;;/q4*-1;;;;;;;;. The van der Waals surface area contributed by atoms with Gasteiger partial charge in [-0.25, -0.2) is 24.3 Å². The summed E-state index contributed by atoms with van der Waals surface area (Å²) in [6.07, 6.45) is 4.67. The van der Waals surface area contributed by atoms with Crippen LogP contribution in [0.25, 0.3) is 154 Å². The van der Waals surface area contributed by atoms with Crippen LogP contribution in [0.4, 0.5) is 4.39 Å². The van der Waals surface area contributed by atoms with Crippen LogP contribution in [0.3, 0.4) is 0 Å². The summed E-state index contributed by atoms with van der Waals surface area (Å²) in [5.74, 6) is 3.92. The Labute approximate surface area is 806 Å². The van der Waals surface area contributed by atoms with Gasteiger partial charge in [-0.3, -0.25) is 19.2 Å². The summed E-state index contributed by atoms with van der Waals surface area (Å²) >= 11 is 0. The maximum atomic E-state index is 13.4. The second-order valence-electron chi connectivity index (χ2n) is 30.1. The van der Waals surface area contributed by atoms with Gasteiger partial charge in [0.1, 0.15) is 34.8 Å². The van der Waals surface area contributed by atoms with Gasteiger partial charge in [-0.2, -0.15) is 97.1 Å². The molecule has 0 aliphatic heterocycles. The number of methoxy groups -OCH3 is 1. The van der Waals surface area contributed by atoms with Crippen LogP contribution in [-0.2, 0) is 99.6 Å². The van der Waals surface area contributed by atoms with E-state index in [1.807, 2.05) is 91.0 Å². The van der Waals surface area contributed by atoms with Crippen molar-refractivity contribution in [2.24, 2.45) is 0 Å². The molecule has 0 atom stereocenters. The molecule has 0 spiro atoms. The van der Waals surface area contributed by atoms with Crippen molar-refractivity contribution in [2.45, 2.75) is 76.2 Å². The summed E-state index contributed by atoms with van der Waals surface area (Å²) in [5.41, 5.74) is 16.2. The molecule has 0 bridgehead atoms. The van der Waals surface area contributed by atoms with Gasteiger partial charge in [0.05, 0.1) is 52.2 Å². The number of halogens is 1. The van der Waals surface area contributed by atoms with E-state index in [0.29, 0.717) is 0 Å². The number of fused-ring (bicyclic) bond motifs is 16. The molecule has 20 rings (SSSR count). The Morgan fingerprint density at radius 3 is 0.923 bits per heavy atom. The van der Waals surface area contributed by atoms with Gasteiger partial charge in [0.2, 0.25) is 0 Å². The molecule has 4 radical (unpaired) electrons. The second-order valence-corrected chi connectivity index (χ2v) is 30.1. The van der Waals surface area contributed by atoms with E-state index in [2.05, 4.69) is 239 Å². The number of aryl methyl sites for hydroxylation is 3. The smallest absolute Gasteiger partial charge is 0.155 e. The van der Waals surface area contributed by atoms with Crippen LogP contribution in [0.15, 0.2) is 332 Å². The van der Waals surface area contributed by atoms with Crippen LogP contribution in [-0.4, -0.2) is 88.9 Å². The number of aromatic nitrogens is 8. The largest absolute Gasteiger partial charge is 0.512 e. The van der Waals surface area contributed by atoms with Gasteiger partial charge in [0.15, 0.2) is 23.1 Å². The van der Waals surface area contributed by atoms with Crippen molar-refractivity contribution in [3.8, 4) is 29.0 Å². The zero-order valence-corrected chi connectivity index (χ0v) is 82.6. The maximum absolute atomic E-state index is 13.4. The Hall–Kier alpha value is -13.4. The number of benzene rings is 12. The van der Waals surface area contributed by atoms with Gasteiger partial charge in [-0.15, -0.1) is 21.5 Å². The number of hydrogen-bond donors (Lipinski definition) is 4. The number of aliphatic hydroxyl groups is 4. The molecule has 17 nitrogen and oxygen atoms in total. The molecular formula is C108H91FIr4N8O9-4. The monoisotopic (exact) mass is 2430 g/mol. The van der Waals surface area contributed by atoms with Crippen molar-refractivity contribution in [3.63, 3.8) is 0 Å². The summed E-state index contributed by atoms with van der Waals surface area (Å²) in [6, 6.07) is 109. The fourth-order valence-electron chi connectivity index (χ4n) is 15.0. The van der Waals surface area contributed by atoms with E-state index in [0.717, 1.165) is 106 Å². The third kappa shape index (κ3) is 24.1. The van der Waals surface area contributed by atoms with Crippen molar-refractivity contribution in [1.29, 1.82) is 0 Å². The molecule has 130 heavy (non-hydrogen) atoms. The second kappa shape index (κ2) is 46.1. The molecule has 0 unspecified atom stereocenters. The third-order valence-corrected chi connectivity index (χ3v) is 20.0. The van der Waals surface area contributed by atoms with Crippen LogP contribution < -0.4 is 4.74 Å². The third-order valence-electron chi connectivity index (χ3n) is 20.0. The van der Waals surface area contributed by atoms with Gasteiger partial charge in [0.25, 0.3) is 0 Å². The van der Waals surface area contributed by atoms with Crippen LogP contribution in [0.1, 0.15) is 72.1 Å². The number of nitrogens with zero attached hydrogens (tertiary/aromatic N) is 8. The van der Waals surface area contributed by atoms with Crippen molar-refractivity contribution in [1.82, 2.24) is 38.2 Å². The van der Waals surface area contributed by atoms with Gasteiger partial charge in [0, 0.05) is 148 Å². The molecular weight excluding hydrogens is 2340 g/mol. The minimum Gasteiger partial charge on any atom is -0.512 e. The molecule has 12 aromatic carbocycles. The molecule has 8 heterocycles. The Morgan fingerprint density at radius 2 is 0.592 bits per heavy atom. The molecule has 22 heteroatoms. The average Bonchev–Trinajstić information content (AvgIpc) is 1.56. The molecule has 0 saturated heterocycles. The van der Waals surface area contributed by atoms with Crippen molar-refractivity contribution in [2.75, 3.05) is 7.11 Å². The normalized spacial score (nSPS) is 11.1. The number of carbonyl (C=O) groups excluding carboxylic acids is 4. The molecule has 0 aliphatic rings. The van der Waals surface area contributed by atoms with Crippen LogP contribution in [0, 0.1) is 50.9 Å². The van der Waals surface area contributed by atoms with E-state index in [1.165, 1.54) is 163 Å². The van der Waals surface area contributed by atoms with Crippen LogP contribution >= 0.6 is 0 Å². The number of aliphatic hydroxyl groups excluding tert-OH is 4. The Balaban J connectivity index is 0.000000176. The predicted molar refractivity (Wildman–Crippen MR) is 509 cm³/mol. The van der Waals surface area contributed by atoms with Crippen molar-refractivity contribution >= 4 is 154 Å². The van der Waals surface area contributed by atoms with Crippen molar-refractivity contribution < 1.29 is 129 Å². The van der Waals surface area contributed by atoms with Crippen molar-refractivity contribution in [3.05, 3.63) is 379 Å². The first-order valence-electron chi connectivity index (χ1n) is 40.6. The minimum atomic E-state index is -0.248. The van der Waals surface area contributed by atoms with E-state index in [-0.39, 0.29) is 132 Å². The first kappa shape index (κ1) is 100. The summed E-state index contributed by atoms with van der Waals surface area (Å²) < 4.78 is 27.4. The van der Waals surface area contributed by atoms with Gasteiger partial charge >= 0.3 is 0 Å². The molecule has 20 aromatic rings. The summed E-state index contributed by atoms with van der Waals surface area (Å²) in [6.45, 7) is 17.8.